The fraction of sp³-hybridized carbons (Fsp3) is 0.667. The van der Waals surface area contributed by atoms with Crippen LogP contribution in [0.3, 0.4) is 0 Å². The highest BCUT2D eigenvalue weighted by atomic mass is 16.4. The highest BCUT2D eigenvalue weighted by Gasteiger charge is 2.02. The summed E-state index contributed by atoms with van der Waals surface area (Å²) < 4.78 is 0. The normalized spacial score (nSPS) is 12.1. The summed E-state index contributed by atoms with van der Waals surface area (Å²) in [5.74, 6) is 0. The lowest BCUT2D eigenvalue weighted by molar-refractivity contribution is -0.108. The van der Waals surface area contributed by atoms with E-state index in [4.69, 9.17) is 5.11 Å². The van der Waals surface area contributed by atoms with Crippen molar-refractivity contribution < 1.29 is 14.7 Å². The van der Waals surface area contributed by atoms with Crippen molar-refractivity contribution >= 4 is 12.4 Å². The minimum atomic E-state index is -1.04. The lowest BCUT2D eigenvalue weighted by Crippen LogP contribution is -2.30. The second-order valence-electron chi connectivity index (χ2n) is 2.09. The van der Waals surface area contributed by atoms with E-state index in [-0.39, 0.29) is 6.04 Å². The minimum absolute atomic E-state index is 0.136. The number of carboxylic acid groups (broad SMARTS) is 1. The zero-order valence-electron chi connectivity index (χ0n) is 5.83. The highest BCUT2D eigenvalue weighted by molar-refractivity contribution is 5.64. The van der Waals surface area contributed by atoms with Crippen molar-refractivity contribution in [3.63, 3.8) is 0 Å². The van der Waals surface area contributed by atoms with E-state index < -0.39 is 6.09 Å². The molecular weight excluding hydrogens is 134 g/mol. The molecule has 1 atom stereocenters. The van der Waals surface area contributed by atoms with Gasteiger partial charge < -0.3 is 15.2 Å². The first kappa shape index (κ1) is 8.94. The lowest BCUT2D eigenvalue weighted by Gasteiger charge is -2.07. The third-order valence-corrected chi connectivity index (χ3v) is 1.09. The third kappa shape index (κ3) is 5.08. The Morgan fingerprint density at radius 2 is 2.40 bits per heavy atom. The van der Waals surface area contributed by atoms with Gasteiger partial charge in [-0.25, -0.2) is 4.79 Å². The smallest absolute Gasteiger partial charge is 0.404 e. The Kier molecular flexibility index (Phi) is 4.28. The summed E-state index contributed by atoms with van der Waals surface area (Å²) in [5, 5.41) is 10.4. The summed E-state index contributed by atoms with van der Waals surface area (Å²) in [6.45, 7) is 1.72. The molecule has 0 fully saturated rings. The van der Waals surface area contributed by atoms with Crippen LogP contribution in [0.1, 0.15) is 19.8 Å². The molecule has 0 aliphatic heterocycles. The number of carbonyl (C=O) groups excluding carboxylic acids is 1. The SMILES string of the molecule is CC(CCC=O)NC(=O)O. The van der Waals surface area contributed by atoms with Crippen LogP contribution in [0, 0.1) is 0 Å². The van der Waals surface area contributed by atoms with Crippen molar-refractivity contribution in [1.82, 2.24) is 5.32 Å². The first-order chi connectivity index (χ1) is 4.66. The molecule has 2 N–H and O–H groups in total. The predicted molar refractivity (Wildman–Crippen MR) is 35.9 cm³/mol. The molecule has 1 unspecified atom stereocenters. The average Bonchev–Trinajstić information content (AvgIpc) is 1.82. The van der Waals surface area contributed by atoms with Gasteiger partial charge in [0.2, 0.25) is 0 Å². The van der Waals surface area contributed by atoms with Crippen molar-refractivity contribution in [3.05, 3.63) is 0 Å². The molecule has 0 aromatic heterocycles. The van der Waals surface area contributed by atoms with E-state index in [0.29, 0.717) is 12.8 Å². The van der Waals surface area contributed by atoms with Gasteiger partial charge in [0, 0.05) is 12.5 Å². The molecular formula is C6H11NO3. The number of hydrogen-bond donors (Lipinski definition) is 2. The van der Waals surface area contributed by atoms with Crippen molar-refractivity contribution in [2.75, 3.05) is 0 Å². The van der Waals surface area contributed by atoms with Crippen molar-refractivity contribution in [3.8, 4) is 0 Å². The van der Waals surface area contributed by atoms with Gasteiger partial charge >= 0.3 is 6.09 Å². The predicted octanol–water partition coefficient (Wildman–Crippen LogP) is 0.622. The van der Waals surface area contributed by atoms with Crippen molar-refractivity contribution in [2.24, 2.45) is 0 Å². The van der Waals surface area contributed by atoms with Crippen LogP contribution in [0.15, 0.2) is 0 Å². The van der Waals surface area contributed by atoms with Gasteiger partial charge in [0.1, 0.15) is 6.29 Å². The second-order valence-corrected chi connectivity index (χ2v) is 2.09. The number of amides is 1. The topological polar surface area (TPSA) is 66.4 Å². The van der Waals surface area contributed by atoms with Gasteiger partial charge in [-0.1, -0.05) is 0 Å². The molecule has 0 radical (unpaired) electrons. The van der Waals surface area contributed by atoms with Gasteiger partial charge in [-0.05, 0) is 13.3 Å². The van der Waals surface area contributed by atoms with E-state index in [1.54, 1.807) is 6.92 Å². The van der Waals surface area contributed by atoms with Gasteiger partial charge in [0.05, 0.1) is 0 Å². The molecule has 0 aromatic carbocycles. The van der Waals surface area contributed by atoms with Crippen LogP contribution in [-0.2, 0) is 4.79 Å². The molecule has 0 heterocycles. The zero-order chi connectivity index (χ0) is 7.98. The Balaban J connectivity index is 3.33. The summed E-state index contributed by atoms with van der Waals surface area (Å²) in [6.07, 6.45) is 0.704. The molecule has 58 valence electrons. The van der Waals surface area contributed by atoms with Gasteiger partial charge in [-0.3, -0.25) is 0 Å². The average molecular weight is 145 g/mol. The van der Waals surface area contributed by atoms with Crippen molar-refractivity contribution in [1.29, 1.82) is 0 Å². The third-order valence-electron chi connectivity index (χ3n) is 1.09. The maximum Gasteiger partial charge on any atom is 0.404 e. The number of carbonyl (C=O) groups is 2. The van der Waals surface area contributed by atoms with E-state index in [2.05, 4.69) is 5.32 Å². The molecule has 4 nitrogen and oxygen atoms in total. The van der Waals surface area contributed by atoms with Gasteiger partial charge in [-0.2, -0.15) is 0 Å². The number of aldehydes is 1. The Hall–Kier alpha value is -1.06. The van der Waals surface area contributed by atoms with E-state index >= 15 is 0 Å². The van der Waals surface area contributed by atoms with E-state index in [1.165, 1.54) is 0 Å². The molecule has 0 bridgehead atoms. The number of rotatable bonds is 4. The molecule has 0 saturated carbocycles. The molecule has 0 spiro atoms. The van der Waals surface area contributed by atoms with Gasteiger partial charge in [0.15, 0.2) is 0 Å². The molecule has 1 amide bonds. The minimum Gasteiger partial charge on any atom is -0.465 e. The van der Waals surface area contributed by atoms with Gasteiger partial charge in [0.25, 0.3) is 0 Å². The molecule has 0 rings (SSSR count). The summed E-state index contributed by atoms with van der Waals surface area (Å²) in [7, 11) is 0. The van der Waals surface area contributed by atoms with Crippen LogP contribution < -0.4 is 5.32 Å². The summed E-state index contributed by atoms with van der Waals surface area (Å²) >= 11 is 0. The maximum absolute atomic E-state index is 9.97. The molecule has 0 aliphatic carbocycles. The Morgan fingerprint density at radius 1 is 1.80 bits per heavy atom. The summed E-state index contributed by atoms with van der Waals surface area (Å²) in [4.78, 5) is 19.8. The van der Waals surface area contributed by atoms with E-state index in [9.17, 15) is 9.59 Å². The van der Waals surface area contributed by atoms with Crippen LogP contribution in [0.2, 0.25) is 0 Å². The number of hydrogen-bond acceptors (Lipinski definition) is 2. The van der Waals surface area contributed by atoms with Crippen LogP contribution >= 0.6 is 0 Å². The zero-order valence-corrected chi connectivity index (χ0v) is 5.83. The van der Waals surface area contributed by atoms with Crippen molar-refractivity contribution in [2.45, 2.75) is 25.8 Å². The van der Waals surface area contributed by atoms with E-state index in [0.717, 1.165) is 6.29 Å². The summed E-state index contributed by atoms with van der Waals surface area (Å²) in [6, 6.07) is -0.136. The second kappa shape index (κ2) is 4.78. The highest BCUT2D eigenvalue weighted by Crippen LogP contribution is 1.92. The molecule has 0 saturated heterocycles. The molecule has 0 aromatic rings. The fourth-order valence-electron chi connectivity index (χ4n) is 0.601. The Morgan fingerprint density at radius 3 is 2.80 bits per heavy atom. The fourth-order valence-corrected chi connectivity index (χ4v) is 0.601. The largest absolute Gasteiger partial charge is 0.465 e. The Labute approximate surface area is 59.2 Å². The molecule has 0 aliphatic rings. The monoisotopic (exact) mass is 145 g/mol. The van der Waals surface area contributed by atoms with Crippen LogP contribution in [0.5, 0.6) is 0 Å². The Bertz CT molecular complexity index is 124. The quantitative estimate of drug-likeness (QED) is 0.570. The number of nitrogens with one attached hydrogen (secondary N) is 1. The molecule has 4 heteroatoms. The maximum atomic E-state index is 9.97. The lowest BCUT2D eigenvalue weighted by atomic mass is 10.2. The first-order valence-corrected chi connectivity index (χ1v) is 3.10. The first-order valence-electron chi connectivity index (χ1n) is 3.10. The van der Waals surface area contributed by atoms with E-state index in [1.807, 2.05) is 0 Å². The van der Waals surface area contributed by atoms with Crippen LogP contribution in [0.4, 0.5) is 4.79 Å². The summed E-state index contributed by atoms with van der Waals surface area (Å²) in [5.41, 5.74) is 0. The molecule has 10 heavy (non-hydrogen) atoms. The van der Waals surface area contributed by atoms with Crippen LogP contribution in [-0.4, -0.2) is 23.5 Å². The van der Waals surface area contributed by atoms with Crippen LogP contribution in [0.25, 0.3) is 0 Å². The standard InChI is InChI=1S/C6H11NO3/c1-5(3-2-4-8)7-6(9)10/h4-5,7H,2-3H2,1H3,(H,9,10). The van der Waals surface area contributed by atoms with Gasteiger partial charge in [-0.15, -0.1) is 0 Å².